The average Bonchev–Trinajstić information content (AvgIpc) is 3.19. The quantitative estimate of drug-likeness (QED) is 0.536. The SMILES string of the molecule is CC(=O)NCc1ccc(C(=O)CN2C(=O)NC(C)(c3ccc(F)cc3Cl)C2=O)s1. The number of nitrogens with zero attached hydrogens (tertiary/aromatic N) is 1. The first kappa shape index (κ1) is 20.9. The molecule has 10 heteroatoms. The Labute approximate surface area is 174 Å². The van der Waals surface area contributed by atoms with Crippen LogP contribution in [0.1, 0.15) is 34.0 Å². The van der Waals surface area contributed by atoms with Gasteiger partial charge in [-0.3, -0.25) is 19.3 Å². The zero-order valence-electron chi connectivity index (χ0n) is 15.5. The number of Topliss-reactive ketones (excluding diaryl/α,β-unsaturated/α-hetero) is 1. The maximum Gasteiger partial charge on any atom is 0.325 e. The molecule has 0 spiro atoms. The fourth-order valence-electron chi connectivity index (χ4n) is 2.97. The summed E-state index contributed by atoms with van der Waals surface area (Å²) in [4.78, 5) is 50.8. The highest BCUT2D eigenvalue weighted by Gasteiger charge is 2.50. The van der Waals surface area contributed by atoms with Crippen molar-refractivity contribution < 1.29 is 23.6 Å². The molecule has 3 rings (SSSR count). The fourth-order valence-corrected chi connectivity index (χ4v) is 4.21. The average molecular weight is 438 g/mol. The summed E-state index contributed by atoms with van der Waals surface area (Å²) < 4.78 is 13.3. The van der Waals surface area contributed by atoms with E-state index >= 15 is 0 Å². The highest BCUT2D eigenvalue weighted by molar-refractivity contribution is 7.14. The summed E-state index contributed by atoms with van der Waals surface area (Å²) in [6, 6.07) is 6.07. The Balaban J connectivity index is 1.76. The number of hydrogen-bond donors (Lipinski definition) is 2. The molecule has 0 aliphatic carbocycles. The number of carbonyl (C=O) groups is 4. The largest absolute Gasteiger partial charge is 0.351 e. The van der Waals surface area contributed by atoms with Crippen LogP contribution in [0.5, 0.6) is 0 Å². The molecule has 0 bridgehead atoms. The van der Waals surface area contributed by atoms with Crippen LogP contribution in [0.3, 0.4) is 0 Å². The molecule has 2 heterocycles. The first-order valence-corrected chi connectivity index (χ1v) is 9.77. The summed E-state index contributed by atoms with van der Waals surface area (Å²) in [5.74, 6) is -1.83. The zero-order valence-corrected chi connectivity index (χ0v) is 17.1. The molecule has 1 aliphatic rings. The molecule has 0 radical (unpaired) electrons. The van der Waals surface area contributed by atoms with E-state index in [-0.39, 0.29) is 23.0 Å². The van der Waals surface area contributed by atoms with E-state index in [0.29, 0.717) is 4.88 Å². The number of carbonyl (C=O) groups excluding carboxylic acids is 4. The summed E-state index contributed by atoms with van der Waals surface area (Å²) in [6.07, 6.45) is 0. The minimum atomic E-state index is -1.51. The van der Waals surface area contributed by atoms with E-state index in [9.17, 15) is 23.6 Å². The number of thiophene rings is 1. The van der Waals surface area contributed by atoms with Gasteiger partial charge in [0.05, 0.1) is 18.0 Å². The van der Waals surface area contributed by atoms with Gasteiger partial charge >= 0.3 is 6.03 Å². The number of ketones is 1. The van der Waals surface area contributed by atoms with Crippen LogP contribution in [-0.2, 0) is 21.7 Å². The van der Waals surface area contributed by atoms with Gasteiger partial charge in [0.25, 0.3) is 5.91 Å². The van der Waals surface area contributed by atoms with Crippen molar-refractivity contribution in [3.63, 3.8) is 0 Å². The van der Waals surface area contributed by atoms with Crippen molar-refractivity contribution in [2.45, 2.75) is 25.9 Å². The van der Waals surface area contributed by atoms with Crippen LogP contribution in [0.4, 0.5) is 9.18 Å². The zero-order chi connectivity index (χ0) is 21.3. The topological polar surface area (TPSA) is 95.6 Å². The van der Waals surface area contributed by atoms with Gasteiger partial charge in [0, 0.05) is 22.4 Å². The second-order valence-corrected chi connectivity index (χ2v) is 8.25. The molecule has 1 aliphatic heterocycles. The third-order valence-electron chi connectivity index (χ3n) is 4.49. The van der Waals surface area contributed by atoms with Crippen LogP contribution in [0.2, 0.25) is 5.02 Å². The Kier molecular flexibility index (Phi) is 5.72. The Hall–Kier alpha value is -2.78. The summed E-state index contributed by atoms with van der Waals surface area (Å²) >= 11 is 7.23. The van der Waals surface area contributed by atoms with Gasteiger partial charge in [0.15, 0.2) is 5.78 Å². The number of amides is 4. The molecule has 0 saturated carbocycles. The Bertz CT molecular complexity index is 1020. The summed E-state index contributed by atoms with van der Waals surface area (Å²) in [5.41, 5.74) is -1.27. The maximum atomic E-state index is 13.3. The van der Waals surface area contributed by atoms with Crippen LogP contribution < -0.4 is 10.6 Å². The highest BCUT2D eigenvalue weighted by Crippen LogP contribution is 2.34. The lowest BCUT2D eigenvalue weighted by Gasteiger charge is -2.23. The molecule has 152 valence electrons. The van der Waals surface area contributed by atoms with Crippen molar-refractivity contribution in [2.24, 2.45) is 0 Å². The molecule has 1 saturated heterocycles. The van der Waals surface area contributed by atoms with E-state index in [1.165, 1.54) is 31.3 Å². The molecular weight excluding hydrogens is 421 g/mol. The lowest BCUT2D eigenvalue weighted by atomic mass is 9.92. The summed E-state index contributed by atoms with van der Waals surface area (Å²) in [6.45, 7) is 2.69. The molecule has 29 heavy (non-hydrogen) atoms. The van der Waals surface area contributed by atoms with Crippen LogP contribution in [-0.4, -0.2) is 35.1 Å². The number of benzene rings is 1. The second kappa shape index (κ2) is 7.92. The van der Waals surface area contributed by atoms with Gasteiger partial charge in [-0.15, -0.1) is 11.3 Å². The van der Waals surface area contributed by atoms with Crippen LogP contribution in [0, 0.1) is 5.82 Å². The molecular formula is C19H17ClFN3O4S. The number of urea groups is 1. The van der Waals surface area contributed by atoms with Crippen LogP contribution in [0.25, 0.3) is 0 Å². The third kappa shape index (κ3) is 4.15. The predicted molar refractivity (Wildman–Crippen MR) is 105 cm³/mol. The molecule has 7 nitrogen and oxygen atoms in total. The monoisotopic (exact) mass is 437 g/mol. The second-order valence-electron chi connectivity index (χ2n) is 6.67. The van der Waals surface area contributed by atoms with Crippen molar-refractivity contribution in [1.29, 1.82) is 0 Å². The Morgan fingerprint density at radius 1 is 1.28 bits per heavy atom. The summed E-state index contributed by atoms with van der Waals surface area (Å²) in [5, 5.41) is 5.16. The smallest absolute Gasteiger partial charge is 0.325 e. The standard InChI is InChI=1S/C19H17ClFN3O4S/c1-10(25)22-8-12-4-6-16(29-12)15(26)9-24-17(27)19(2,23-18(24)28)13-5-3-11(21)7-14(13)20/h3-7H,8-9H2,1-2H3,(H,22,25)(H,23,28). The van der Waals surface area contributed by atoms with E-state index in [1.54, 1.807) is 12.1 Å². The predicted octanol–water partition coefficient (Wildman–Crippen LogP) is 2.83. The molecule has 1 aromatic heterocycles. The fraction of sp³-hybridized carbons (Fsp3) is 0.263. The van der Waals surface area contributed by atoms with E-state index in [0.717, 1.165) is 21.9 Å². The van der Waals surface area contributed by atoms with E-state index in [1.807, 2.05) is 0 Å². The van der Waals surface area contributed by atoms with E-state index in [2.05, 4.69) is 10.6 Å². The van der Waals surface area contributed by atoms with Gasteiger partial charge in [0.1, 0.15) is 11.4 Å². The number of halogens is 2. The van der Waals surface area contributed by atoms with Gasteiger partial charge in [-0.2, -0.15) is 0 Å². The Morgan fingerprint density at radius 3 is 2.66 bits per heavy atom. The van der Waals surface area contributed by atoms with Gasteiger partial charge < -0.3 is 10.6 Å². The molecule has 2 aromatic rings. The van der Waals surface area contributed by atoms with Gasteiger partial charge in [0.2, 0.25) is 5.91 Å². The normalized spacial score (nSPS) is 18.7. The van der Waals surface area contributed by atoms with Gasteiger partial charge in [-0.1, -0.05) is 17.7 Å². The number of rotatable bonds is 6. The van der Waals surface area contributed by atoms with Crippen LogP contribution in [0.15, 0.2) is 30.3 Å². The van der Waals surface area contributed by atoms with Crippen LogP contribution >= 0.6 is 22.9 Å². The molecule has 1 atom stereocenters. The number of nitrogens with one attached hydrogen (secondary N) is 2. The summed E-state index contributed by atoms with van der Waals surface area (Å²) in [7, 11) is 0. The van der Waals surface area contributed by atoms with Crippen molar-refractivity contribution in [3.8, 4) is 0 Å². The third-order valence-corrected chi connectivity index (χ3v) is 5.93. The van der Waals surface area contributed by atoms with Crippen molar-refractivity contribution in [1.82, 2.24) is 15.5 Å². The van der Waals surface area contributed by atoms with Crippen molar-refractivity contribution in [3.05, 3.63) is 56.5 Å². The minimum Gasteiger partial charge on any atom is -0.351 e. The first-order chi connectivity index (χ1) is 13.6. The molecule has 4 amide bonds. The molecule has 1 unspecified atom stereocenters. The van der Waals surface area contributed by atoms with Gasteiger partial charge in [-0.05, 0) is 31.2 Å². The molecule has 1 fully saturated rings. The van der Waals surface area contributed by atoms with Gasteiger partial charge in [-0.25, -0.2) is 9.18 Å². The molecule has 2 N–H and O–H groups in total. The van der Waals surface area contributed by atoms with Crippen molar-refractivity contribution in [2.75, 3.05) is 6.54 Å². The number of imide groups is 1. The minimum absolute atomic E-state index is 0.00445. The van der Waals surface area contributed by atoms with E-state index < -0.39 is 35.6 Å². The lowest BCUT2D eigenvalue weighted by Crippen LogP contribution is -2.41. The van der Waals surface area contributed by atoms with E-state index in [4.69, 9.17) is 11.6 Å². The molecule has 1 aromatic carbocycles. The first-order valence-electron chi connectivity index (χ1n) is 8.58. The number of hydrogen-bond acceptors (Lipinski definition) is 5. The highest BCUT2D eigenvalue weighted by atomic mass is 35.5. The Morgan fingerprint density at radius 2 is 2.00 bits per heavy atom. The maximum absolute atomic E-state index is 13.3. The van der Waals surface area contributed by atoms with Crippen molar-refractivity contribution >= 4 is 46.6 Å². The lowest BCUT2D eigenvalue weighted by molar-refractivity contribution is -0.130.